The molecule has 160 valence electrons. The zero-order valence-electron chi connectivity index (χ0n) is 16.8. The van der Waals surface area contributed by atoms with Gasteiger partial charge in [-0.1, -0.05) is 11.6 Å². The predicted octanol–water partition coefficient (Wildman–Crippen LogP) is 4.45. The molecule has 0 atom stereocenters. The van der Waals surface area contributed by atoms with Crippen LogP contribution in [0.25, 0.3) is 11.0 Å². The SMILES string of the molecule is O=C(N[C@H]1CC[C@]2(CCN(c3ccc(F)cc3Cl)C2=O)CC1)c1c[nH]c2cccnc12. The van der Waals surface area contributed by atoms with E-state index in [0.29, 0.717) is 36.2 Å². The highest BCUT2D eigenvalue weighted by molar-refractivity contribution is 6.34. The molecule has 2 fully saturated rings. The molecule has 1 aliphatic carbocycles. The lowest BCUT2D eigenvalue weighted by Gasteiger charge is -2.36. The van der Waals surface area contributed by atoms with E-state index in [-0.39, 0.29) is 22.9 Å². The quantitative estimate of drug-likeness (QED) is 0.631. The van der Waals surface area contributed by atoms with Crippen LogP contribution in [-0.4, -0.2) is 34.4 Å². The number of hydrogen-bond donors (Lipinski definition) is 2. The predicted molar refractivity (Wildman–Crippen MR) is 117 cm³/mol. The van der Waals surface area contributed by atoms with E-state index in [9.17, 15) is 14.0 Å². The minimum atomic E-state index is -0.429. The molecule has 2 N–H and O–H groups in total. The summed E-state index contributed by atoms with van der Waals surface area (Å²) in [6, 6.07) is 7.85. The first-order valence-corrected chi connectivity index (χ1v) is 10.8. The minimum absolute atomic E-state index is 0.0167. The third-order valence-corrected chi connectivity index (χ3v) is 6.97. The Morgan fingerprint density at radius 2 is 2.06 bits per heavy atom. The van der Waals surface area contributed by atoms with Gasteiger partial charge >= 0.3 is 0 Å². The number of rotatable bonds is 3. The van der Waals surface area contributed by atoms with Crippen LogP contribution in [0.1, 0.15) is 42.5 Å². The van der Waals surface area contributed by atoms with Crippen molar-refractivity contribution in [1.29, 1.82) is 0 Å². The third-order valence-electron chi connectivity index (χ3n) is 6.67. The lowest BCUT2D eigenvalue weighted by molar-refractivity contribution is -0.127. The number of fused-ring (bicyclic) bond motifs is 1. The second-order valence-corrected chi connectivity index (χ2v) is 8.84. The smallest absolute Gasteiger partial charge is 0.255 e. The second-order valence-electron chi connectivity index (χ2n) is 8.43. The van der Waals surface area contributed by atoms with Crippen LogP contribution in [0.2, 0.25) is 5.02 Å². The topological polar surface area (TPSA) is 78.1 Å². The molecule has 3 heterocycles. The number of carbonyl (C=O) groups is 2. The Morgan fingerprint density at radius 3 is 2.84 bits per heavy atom. The normalized spacial score (nSPS) is 23.6. The number of carbonyl (C=O) groups excluding carboxylic acids is 2. The van der Waals surface area contributed by atoms with Gasteiger partial charge in [0.2, 0.25) is 5.91 Å². The number of anilines is 1. The van der Waals surface area contributed by atoms with Crippen LogP contribution in [0.5, 0.6) is 0 Å². The van der Waals surface area contributed by atoms with Crippen molar-refractivity contribution in [3.63, 3.8) is 0 Å². The van der Waals surface area contributed by atoms with Crippen molar-refractivity contribution in [2.45, 2.75) is 38.1 Å². The molecule has 0 bridgehead atoms. The first kappa shape index (κ1) is 20.0. The minimum Gasteiger partial charge on any atom is -0.359 e. The highest BCUT2D eigenvalue weighted by Crippen LogP contribution is 2.47. The molecule has 2 aliphatic rings. The van der Waals surface area contributed by atoms with Gasteiger partial charge in [0, 0.05) is 25.0 Å². The summed E-state index contributed by atoms with van der Waals surface area (Å²) in [6.07, 6.45) is 6.98. The fraction of sp³-hybridized carbons (Fsp3) is 0.348. The number of aromatic nitrogens is 2. The number of halogens is 2. The lowest BCUT2D eigenvalue weighted by Crippen LogP contribution is -2.43. The first-order valence-electron chi connectivity index (χ1n) is 10.5. The van der Waals surface area contributed by atoms with E-state index < -0.39 is 11.2 Å². The Bertz CT molecular complexity index is 1170. The van der Waals surface area contributed by atoms with Crippen LogP contribution in [0.4, 0.5) is 10.1 Å². The maximum absolute atomic E-state index is 13.4. The van der Waals surface area contributed by atoms with Crippen molar-refractivity contribution >= 4 is 40.1 Å². The molecule has 1 saturated heterocycles. The van der Waals surface area contributed by atoms with Crippen LogP contribution in [-0.2, 0) is 4.79 Å². The summed E-state index contributed by atoms with van der Waals surface area (Å²) in [4.78, 5) is 35.1. The molecule has 0 unspecified atom stereocenters. The third kappa shape index (κ3) is 3.47. The highest BCUT2D eigenvalue weighted by atomic mass is 35.5. The maximum Gasteiger partial charge on any atom is 0.255 e. The Hall–Kier alpha value is -2.93. The molecule has 1 aromatic carbocycles. The fourth-order valence-electron chi connectivity index (χ4n) is 4.92. The number of H-pyrrole nitrogens is 1. The number of aromatic amines is 1. The Labute approximate surface area is 183 Å². The van der Waals surface area contributed by atoms with E-state index in [1.807, 2.05) is 12.1 Å². The van der Waals surface area contributed by atoms with Crippen molar-refractivity contribution in [2.75, 3.05) is 11.4 Å². The maximum atomic E-state index is 13.4. The molecule has 2 amide bonds. The summed E-state index contributed by atoms with van der Waals surface area (Å²) in [5.41, 5.74) is 2.15. The lowest BCUT2D eigenvalue weighted by atomic mass is 9.71. The van der Waals surface area contributed by atoms with E-state index in [0.717, 1.165) is 24.8 Å². The van der Waals surface area contributed by atoms with E-state index in [2.05, 4.69) is 15.3 Å². The van der Waals surface area contributed by atoms with Gasteiger partial charge in [-0.2, -0.15) is 0 Å². The average molecular weight is 441 g/mol. The number of benzene rings is 1. The first-order chi connectivity index (χ1) is 15.0. The highest BCUT2D eigenvalue weighted by Gasteiger charge is 2.49. The van der Waals surface area contributed by atoms with Gasteiger partial charge in [-0.3, -0.25) is 14.6 Å². The van der Waals surface area contributed by atoms with Gasteiger partial charge in [0.05, 0.1) is 27.2 Å². The zero-order chi connectivity index (χ0) is 21.6. The van der Waals surface area contributed by atoms with Crippen molar-refractivity contribution in [2.24, 2.45) is 5.41 Å². The van der Waals surface area contributed by atoms with Crippen molar-refractivity contribution < 1.29 is 14.0 Å². The monoisotopic (exact) mass is 440 g/mol. The van der Waals surface area contributed by atoms with Crippen LogP contribution in [0, 0.1) is 11.2 Å². The molecule has 2 aromatic heterocycles. The molecule has 8 heteroatoms. The van der Waals surface area contributed by atoms with Crippen LogP contribution in [0.15, 0.2) is 42.7 Å². The second kappa shape index (κ2) is 7.64. The molecule has 1 spiro atoms. The zero-order valence-corrected chi connectivity index (χ0v) is 17.6. The van der Waals surface area contributed by atoms with Crippen molar-refractivity contribution in [3.05, 3.63) is 59.1 Å². The standard InChI is InChI=1S/C23H22ClFN4O2/c24-17-12-14(25)3-4-19(17)29-11-9-23(22(29)31)7-5-15(6-8-23)28-21(30)16-13-27-18-2-1-10-26-20(16)18/h1-4,10,12-13,15,27H,5-9,11H2,(H,28,30)/t15-,23+. The molecule has 31 heavy (non-hydrogen) atoms. The molecule has 1 aliphatic heterocycles. The van der Waals surface area contributed by atoms with E-state index in [1.165, 1.54) is 12.1 Å². The largest absolute Gasteiger partial charge is 0.359 e. The van der Waals surface area contributed by atoms with Gasteiger partial charge < -0.3 is 15.2 Å². The Kier molecular flexibility index (Phi) is 4.93. The number of amides is 2. The number of nitrogens with zero attached hydrogens (tertiary/aromatic N) is 2. The Balaban J connectivity index is 1.25. The molecular formula is C23H22ClFN4O2. The van der Waals surface area contributed by atoms with Gasteiger partial charge in [-0.05, 0) is 62.4 Å². The van der Waals surface area contributed by atoms with Gasteiger partial charge in [-0.25, -0.2) is 4.39 Å². The van der Waals surface area contributed by atoms with E-state index in [1.54, 1.807) is 23.4 Å². The number of pyridine rings is 1. The summed E-state index contributed by atoms with van der Waals surface area (Å²) in [7, 11) is 0. The summed E-state index contributed by atoms with van der Waals surface area (Å²) >= 11 is 6.18. The summed E-state index contributed by atoms with van der Waals surface area (Å²) in [5.74, 6) is -0.522. The van der Waals surface area contributed by atoms with E-state index >= 15 is 0 Å². The fourth-order valence-corrected chi connectivity index (χ4v) is 5.19. The molecule has 3 aromatic rings. The molecular weight excluding hydrogens is 419 g/mol. The van der Waals surface area contributed by atoms with Crippen LogP contribution in [0.3, 0.4) is 0 Å². The van der Waals surface area contributed by atoms with Crippen LogP contribution < -0.4 is 10.2 Å². The summed E-state index contributed by atoms with van der Waals surface area (Å²) in [5, 5.41) is 3.36. The number of hydrogen-bond acceptors (Lipinski definition) is 3. The Morgan fingerprint density at radius 1 is 1.26 bits per heavy atom. The van der Waals surface area contributed by atoms with Gasteiger partial charge in [0.1, 0.15) is 11.3 Å². The molecule has 5 rings (SSSR count). The summed E-state index contributed by atoms with van der Waals surface area (Å²) < 4.78 is 13.4. The average Bonchev–Trinajstić information content (AvgIpc) is 3.33. The van der Waals surface area contributed by atoms with Gasteiger partial charge in [0.15, 0.2) is 0 Å². The summed E-state index contributed by atoms with van der Waals surface area (Å²) in [6.45, 7) is 0.572. The van der Waals surface area contributed by atoms with E-state index in [4.69, 9.17) is 11.6 Å². The molecule has 1 saturated carbocycles. The van der Waals surface area contributed by atoms with Crippen LogP contribution >= 0.6 is 11.6 Å². The van der Waals surface area contributed by atoms with Crippen molar-refractivity contribution in [3.8, 4) is 0 Å². The van der Waals surface area contributed by atoms with Gasteiger partial charge in [-0.15, -0.1) is 0 Å². The molecule has 0 radical (unpaired) electrons. The van der Waals surface area contributed by atoms with Gasteiger partial charge in [0.25, 0.3) is 5.91 Å². The number of nitrogens with one attached hydrogen (secondary N) is 2. The van der Waals surface area contributed by atoms with Crippen molar-refractivity contribution in [1.82, 2.24) is 15.3 Å². The molecule has 6 nitrogen and oxygen atoms in total.